The molecule has 2 amide bonds. The topological polar surface area (TPSA) is 71.5 Å². The van der Waals surface area contributed by atoms with Gasteiger partial charge in [0.1, 0.15) is 5.75 Å². The number of ether oxygens (including phenoxy) is 1. The van der Waals surface area contributed by atoms with E-state index in [4.69, 9.17) is 9.72 Å². The van der Waals surface area contributed by atoms with Crippen LogP contribution in [-0.2, 0) is 22.4 Å². The summed E-state index contributed by atoms with van der Waals surface area (Å²) in [6.45, 7) is 0.407. The maximum absolute atomic E-state index is 13.3. The maximum Gasteiger partial charge on any atom is 0.266 e. The highest BCUT2D eigenvalue weighted by Gasteiger charge is 2.21. The Labute approximate surface area is 208 Å². The lowest BCUT2D eigenvalue weighted by molar-refractivity contribution is -0.120. The lowest BCUT2D eigenvalue weighted by Crippen LogP contribution is -2.36. The van der Waals surface area contributed by atoms with E-state index in [1.165, 1.54) is 11.3 Å². The molecule has 0 radical (unpaired) electrons. The Morgan fingerprint density at radius 2 is 1.77 bits per heavy atom. The van der Waals surface area contributed by atoms with E-state index in [1.54, 1.807) is 11.0 Å². The number of fused-ring (bicyclic) bond motifs is 1. The van der Waals surface area contributed by atoms with Gasteiger partial charge < -0.3 is 10.1 Å². The van der Waals surface area contributed by atoms with Crippen LogP contribution in [0.15, 0.2) is 84.2 Å². The molecule has 1 aliphatic heterocycles. The zero-order valence-corrected chi connectivity index (χ0v) is 20.0. The van der Waals surface area contributed by atoms with E-state index in [9.17, 15) is 9.59 Å². The van der Waals surface area contributed by atoms with Crippen LogP contribution < -0.4 is 15.0 Å². The average Bonchev–Trinajstić information content (AvgIpc) is 3.39. The maximum atomic E-state index is 13.3. The second kappa shape index (κ2) is 10.5. The quantitative estimate of drug-likeness (QED) is 0.367. The lowest BCUT2D eigenvalue weighted by atomic mass is 10.0. The third-order valence-electron chi connectivity index (χ3n) is 5.89. The molecule has 2 heterocycles. The van der Waals surface area contributed by atoms with Crippen molar-refractivity contribution in [1.82, 2.24) is 4.98 Å². The molecule has 0 unspecified atom stereocenters. The van der Waals surface area contributed by atoms with Crippen LogP contribution in [0.2, 0.25) is 0 Å². The Morgan fingerprint density at radius 1 is 1.00 bits per heavy atom. The molecular formula is C28H25N3O3S. The highest BCUT2D eigenvalue weighted by Crippen LogP contribution is 2.29. The van der Waals surface area contributed by atoms with Crippen molar-refractivity contribution in [1.29, 1.82) is 0 Å². The summed E-state index contributed by atoms with van der Waals surface area (Å²) in [5.41, 5.74) is 4.84. The van der Waals surface area contributed by atoms with E-state index < -0.39 is 0 Å². The van der Waals surface area contributed by atoms with Gasteiger partial charge in [-0.05, 0) is 42.2 Å². The molecule has 35 heavy (non-hydrogen) atoms. The van der Waals surface area contributed by atoms with E-state index in [1.807, 2.05) is 66.0 Å². The summed E-state index contributed by atoms with van der Waals surface area (Å²) in [5, 5.41) is 5.50. The van der Waals surface area contributed by atoms with Crippen molar-refractivity contribution in [2.75, 3.05) is 23.4 Å². The van der Waals surface area contributed by atoms with Gasteiger partial charge in [0, 0.05) is 29.6 Å². The number of carbonyl (C=O) groups excluding carboxylic acids is 2. The first kappa shape index (κ1) is 22.8. The van der Waals surface area contributed by atoms with Gasteiger partial charge in [-0.15, -0.1) is 11.3 Å². The van der Waals surface area contributed by atoms with Crippen LogP contribution in [0.4, 0.5) is 10.8 Å². The number of aromatic nitrogens is 1. The molecule has 0 aliphatic carbocycles. The summed E-state index contributed by atoms with van der Waals surface area (Å²) < 4.78 is 5.88. The van der Waals surface area contributed by atoms with E-state index in [2.05, 4.69) is 17.4 Å². The summed E-state index contributed by atoms with van der Waals surface area (Å²) in [6.07, 6.45) is 1.83. The fourth-order valence-electron chi connectivity index (χ4n) is 4.01. The smallest absolute Gasteiger partial charge is 0.266 e. The van der Waals surface area contributed by atoms with E-state index >= 15 is 0 Å². The molecule has 0 saturated carbocycles. The molecule has 1 N–H and O–H groups in total. The van der Waals surface area contributed by atoms with Crippen LogP contribution in [0.5, 0.6) is 5.75 Å². The molecule has 7 heteroatoms. The number of hydrogen-bond donors (Lipinski definition) is 1. The SMILES string of the molecule is O=C1CCc2cc(OCC(=O)N(CCc3ccccc3)c3nc(-c4ccccc4)cs3)ccc2N1. The molecule has 0 fully saturated rings. The number of amides is 2. The third kappa shape index (κ3) is 5.58. The first-order valence-electron chi connectivity index (χ1n) is 11.6. The van der Waals surface area contributed by atoms with Crippen molar-refractivity contribution in [3.63, 3.8) is 0 Å². The monoisotopic (exact) mass is 483 g/mol. The van der Waals surface area contributed by atoms with Crippen LogP contribution in [0.3, 0.4) is 0 Å². The second-order valence-electron chi connectivity index (χ2n) is 8.32. The van der Waals surface area contributed by atoms with Gasteiger partial charge in [0.15, 0.2) is 11.7 Å². The zero-order valence-electron chi connectivity index (χ0n) is 19.1. The predicted molar refractivity (Wildman–Crippen MR) is 139 cm³/mol. The summed E-state index contributed by atoms with van der Waals surface area (Å²) >= 11 is 1.45. The van der Waals surface area contributed by atoms with Crippen LogP contribution in [0.1, 0.15) is 17.5 Å². The van der Waals surface area contributed by atoms with Crippen LogP contribution >= 0.6 is 11.3 Å². The molecule has 5 rings (SSSR count). The molecule has 0 spiro atoms. The Kier molecular flexibility index (Phi) is 6.86. The Bertz CT molecular complexity index is 1320. The molecule has 1 aliphatic rings. The number of benzene rings is 3. The fourth-order valence-corrected chi connectivity index (χ4v) is 4.89. The summed E-state index contributed by atoms with van der Waals surface area (Å²) in [5.74, 6) is 0.481. The number of nitrogens with zero attached hydrogens (tertiary/aromatic N) is 2. The number of thiazole rings is 1. The van der Waals surface area contributed by atoms with Gasteiger partial charge in [0.25, 0.3) is 5.91 Å². The minimum absolute atomic E-state index is 0.0220. The molecular weight excluding hydrogens is 458 g/mol. The highest BCUT2D eigenvalue weighted by atomic mass is 32.1. The highest BCUT2D eigenvalue weighted by molar-refractivity contribution is 7.14. The molecule has 0 bridgehead atoms. The number of nitrogens with one attached hydrogen (secondary N) is 1. The van der Waals surface area contributed by atoms with Gasteiger partial charge in [-0.25, -0.2) is 4.98 Å². The van der Waals surface area contributed by atoms with E-state index in [-0.39, 0.29) is 18.4 Å². The van der Waals surface area contributed by atoms with Crippen molar-refractivity contribution in [2.24, 2.45) is 0 Å². The Balaban J connectivity index is 1.32. The number of rotatable bonds is 8. The van der Waals surface area contributed by atoms with Crippen molar-refractivity contribution < 1.29 is 14.3 Å². The van der Waals surface area contributed by atoms with Gasteiger partial charge in [-0.3, -0.25) is 14.5 Å². The molecule has 3 aromatic carbocycles. The summed E-state index contributed by atoms with van der Waals surface area (Å²) in [4.78, 5) is 31.4. The van der Waals surface area contributed by atoms with Crippen molar-refractivity contribution in [3.05, 3.63) is 95.4 Å². The number of carbonyl (C=O) groups is 2. The van der Waals surface area contributed by atoms with Gasteiger partial charge in [0.2, 0.25) is 5.91 Å². The molecule has 1 aromatic heterocycles. The van der Waals surface area contributed by atoms with Crippen LogP contribution in [0, 0.1) is 0 Å². The standard InChI is InChI=1S/C28H25N3O3S/c32-26-14-11-22-17-23(12-13-24(22)29-26)34-18-27(33)31(16-15-20-7-3-1-4-8-20)28-30-25(19-35-28)21-9-5-2-6-10-21/h1-10,12-13,17,19H,11,14-16,18H2,(H,29,32). The summed E-state index contributed by atoms with van der Waals surface area (Å²) in [7, 11) is 0. The molecule has 0 atom stereocenters. The van der Waals surface area contributed by atoms with Gasteiger partial charge >= 0.3 is 0 Å². The predicted octanol–water partition coefficient (Wildman–Crippen LogP) is 5.35. The van der Waals surface area contributed by atoms with Gasteiger partial charge in [-0.1, -0.05) is 60.7 Å². The molecule has 176 valence electrons. The van der Waals surface area contributed by atoms with Crippen LogP contribution in [-0.4, -0.2) is 29.9 Å². The first-order valence-corrected chi connectivity index (χ1v) is 12.4. The van der Waals surface area contributed by atoms with E-state index in [0.29, 0.717) is 36.7 Å². The van der Waals surface area contributed by atoms with E-state index in [0.717, 1.165) is 28.1 Å². The number of aryl methyl sites for hydroxylation is 1. The second-order valence-corrected chi connectivity index (χ2v) is 9.15. The van der Waals surface area contributed by atoms with Gasteiger partial charge in [-0.2, -0.15) is 0 Å². The third-order valence-corrected chi connectivity index (χ3v) is 6.76. The van der Waals surface area contributed by atoms with Crippen molar-refractivity contribution in [2.45, 2.75) is 19.3 Å². The molecule has 6 nitrogen and oxygen atoms in total. The fraction of sp³-hybridized carbons (Fsp3) is 0.179. The van der Waals surface area contributed by atoms with Crippen LogP contribution in [0.25, 0.3) is 11.3 Å². The number of hydrogen-bond acceptors (Lipinski definition) is 5. The first-order chi connectivity index (χ1) is 17.2. The molecule has 0 saturated heterocycles. The Morgan fingerprint density at radius 3 is 2.57 bits per heavy atom. The normalized spacial score (nSPS) is 12.5. The minimum atomic E-state index is -0.152. The lowest BCUT2D eigenvalue weighted by Gasteiger charge is -2.21. The van der Waals surface area contributed by atoms with Gasteiger partial charge in [0.05, 0.1) is 5.69 Å². The largest absolute Gasteiger partial charge is 0.484 e. The number of anilines is 2. The average molecular weight is 484 g/mol. The zero-order chi connectivity index (χ0) is 24.0. The summed E-state index contributed by atoms with van der Waals surface area (Å²) in [6, 6.07) is 25.5. The molecule has 4 aromatic rings. The van der Waals surface area contributed by atoms with Crippen molar-refractivity contribution in [3.8, 4) is 17.0 Å². The van der Waals surface area contributed by atoms with Crippen molar-refractivity contribution >= 4 is 34.0 Å². The minimum Gasteiger partial charge on any atom is -0.484 e. The Hall–Kier alpha value is -3.97.